The predicted molar refractivity (Wildman–Crippen MR) is 120 cm³/mol. The van der Waals surface area contributed by atoms with Gasteiger partial charge in [0.15, 0.2) is 5.82 Å². The van der Waals surface area contributed by atoms with E-state index in [2.05, 4.69) is 37.3 Å². The van der Waals surface area contributed by atoms with Gasteiger partial charge in [0.1, 0.15) is 11.6 Å². The molecule has 170 valence electrons. The van der Waals surface area contributed by atoms with Crippen LogP contribution in [0.15, 0.2) is 30.5 Å². The summed E-state index contributed by atoms with van der Waals surface area (Å²) in [5.74, 6) is -2.88. The molecule has 0 unspecified atom stereocenters. The molecule has 6 nitrogen and oxygen atoms in total. The Bertz CT molecular complexity index is 1120. The maximum Gasteiger partial charge on any atom is 0.273 e. The topological polar surface area (TPSA) is 57.2 Å². The minimum Gasteiger partial charge on any atom is -0.361 e. The Morgan fingerprint density at radius 2 is 1.81 bits per heavy atom. The fourth-order valence-electron chi connectivity index (χ4n) is 3.98. The lowest BCUT2D eigenvalue weighted by atomic mass is 10.0. The van der Waals surface area contributed by atoms with Gasteiger partial charge in [-0.3, -0.25) is 0 Å². The molecule has 1 atom stereocenters. The Kier molecular flexibility index (Phi) is 5.94. The van der Waals surface area contributed by atoms with Crippen LogP contribution in [0.2, 0.25) is 0 Å². The molecule has 3 aromatic rings. The average molecular weight is 445 g/mol. The molecule has 1 fully saturated rings. The molecule has 0 radical (unpaired) electrons. The predicted octanol–water partition coefficient (Wildman–Crippen LogP) is 4.51. The summed E-state index contributed by atoms with van der Waals surface area (Å²) >= 11 is 0. The number of benzene rings is 1. The lowest BCUT2D eigenvalue weighted by Crippen LogP contribution is -2.44. The van der Waals surface area contributed by atoms with Crippen molar-refractivity contribution in [3.63, 3.8) is 0 Å². The first-order valence-corrected chi connectivity index (χ1v) is 10.6. The summed E-state index contributed by atoms with van der Waals surface area (Å²) in [5.41, 5.74) is 0.257. The van der Waals surface area contributed by atoms with E-state index in [1.807, 2.05) is 13.0 Å². The van der Waals surface area contributed by atoms with Crippen LogP contribution in [0, 0.1) is 12.7 Å². The SMILES string of the molecule is Cc1nnc(N[C@H](C)c2cccc(C(C)(F)F)c2F)c2cc(N3CCN(C)CC3)ncc12. The highest BCUT2D eigenvalue weighted by Crippen LogP contribution is 2.34. The molecular weight excluding hydrogens is 417 g/mol. The fourth-order valence-corrected chi connectivity index (χ4v) is 3.98. The van der Waals surface area contributed by atoms with Crippen LogP contribution in [0.5, 0.6) is 0 Å². The van der Waals surface area contributed by atoms with E-state index >= 15 is 0 Å². The van der Waals surface area contributed by atoms with Crippen LogP contribution in [-0.2, 0) is 5.92 Å². The van der Waals surface area contributed by atoms with E-state index in [4.69, 9.17) is 0 Å². The van der Waals surface area contributed by atoms with Crippen molar-refractivity contribution in [1.82, 2.24) is 20.1 Å². The molecule has 1 N–H and O–H groups in total. The van der Waals surface area contributed by atoms with Crippen LogP contribution in [-0.4, -0.2) is 53.3 Å². The number of hydrogen-bond acceptors (Lipinski definition) is 6. The molecule has 1 aliphatic rings. The molecule has 1 aromatic carbocycles. The van der Waals surface area contributed by atoms with Gasteiger partial charge in [-0.1, -0.05) is 18.2 Å². The summed E-state index contributed by atoms with van der Waals surface area (Å²) in [4.78, 5) is 9.10. The number of piperazine rings is 1. The van der Waals surface area contributed by atoms with Crippen LogP contribution >= 0.6 is 0 Å². The van der Waals surface area contributed by atoms with Gasteiger partial charge < -0.3 is 15.1 Å². The lowest BCUT2D eigenvalue weighted by Gasteiger charge is -2.33. The first-order valence-electron chi connectivity index (χ1n) is 10.6. The highest BCUT2D eigenvalue weighted by Gasteiger charge is 2.30. The first-order chi connectivity index (χ1) is 15.1. The highest BCUT2D eigenvalue weighted by molar-refractivity contribution is 5.94. The lowest BCUT2D eigenvalue weighted by molar-refractivity contribution is 0.0136. The van der Waals surface area contributed by atoms with Crippen molar-refractivity contribution in [2.24, 2.45) is 0 Å². The molecule has 9 heteroatoms. The standard InChI is InChI=1S/C23H27F3N6/c1-14(16-6-5-7-19(21(16)24)23(3,25)26)28-22-17-12-20(32-10-8-31(4)9-11-32)27-13-18(17)15(2)29-30-22/h5-7,12-14H,8-11H2,1-4H3,(H,28,30)/t14-/m1/s1. The second-order valence-corrected chi connectivity index (χ2v) is 8.48. The number of alkyl halides is 2. The number of rotatable bonds is 5. The molecular formula is C23H27F3N6. The number of nitrogens with one attached hydrogen (secondary N) is 1. The number of anilines is 2. The first kappa shape index (κ1) is 22.3. The summed E-state index contributed by atoms with van der Waals surface area (Å²) in [6.45, 7) is 7.90. The van der Waals surface area contributed by atoms with E-state index in [-0.39, 0.29) is 5.56 Å². The maximum absolute atomic E-state index is 14.9. The molecule has 0 spiro atoms. The molecule has 1 aliphatic heterocycles. The van der Waals surface area contributed by atoms with E-state index in [0.717, 1.165) is 54.5 Å². The summed E-state index contributed by atoms with van der Waals surface area (Å²) in [6.07, 6.45) is 1.78. The van der Waals surface area contributed by atoms with Crippen LogP contribution in [0.4, 0.5) is 24.8 Å². The zero-order valence-corrected chi connectivity index (χ0v) is 18.7. The number of aromatic nitrogens is 3. The van der Waals surface area contributed by atoms with Gasteiger partial charge in [0.25, 0.3) is 5.92 Å². The summed E-state index contributed by atoms with van der Waals surface area (Å²) in [5, 5.41) is 13.3. The Morgan fingerprint density at radius 3 is 2.50 bits per heavy atom. The number of aryl methyl sites for hydroxylation is 1. The fraction of sp³-hybridized carbons (Fsp3) is 0.435. The second kappa shape index (κ2) is 8.54. The van der Waals surface area contributed by atoms with Crippen LogP contribution in [0.25, 0.3) is 10.8 Å². The van der Waals surface area contributed by atoms with Crippen LogP contribution in [0.3, 0.4) is 0 Å². The quantitative estimate of drug-likeness (QED) is 0.625. The smallest absolute Gasteiger partial charge is 0.273 e. The van der Waals surface area contributed by atoms with E-state index < -0.39 is 23.3 Å². The molecule has 3 heterocycles. The Hall–Kier alpha value is -2.94. The van der Waals surface area contributed by atoms with Gasteiger partial charge in [0, 0.05) is 55.6 Å². The summed E-state index contributed by atoms with van der Waals surface area (Å²) in [7, 11) is 2.09. The molecule has 1 saturated heterocycles. The van der Waals surface area contributed by atoms with Crippen molar-refractivity contribution in [2.75, 3.05) is 43.4 Å². The molecule has 0 bridgehead atoms. The molecule has 0 amide bonds. The van der Waals surface area contributed by atoms with Crippen LogP contribution < -0.4 is 10.2 Å². The third kappa shape index (κ3) is 4.34. The van der Waals surface area contributed by atoms with E-state index in [1.165, 1.54) is 12.1 Å². The molecule has 2 aromatic heterocycles. The minimum atomic E-state index is -3.26. The van der Waals surface area contributed by atoms with Crippen molar-refractivity contribution in [2.45, 2.75) is 32.7 Å². The Morgan fingerprint density at radius 1 is 1.09 bits per heavy atom. The molecule has 0 saturated carbocycles. The van der Waals surface area contributed by atoms with Gasteiger partial charge in [0.05, 0.1) is 17.3 Å². The van der Waals surface area contributed by atoms with E-state index in [0.29, 0.717) is 12.7 Å². The van der Waals surface area contributed by atoms with Crippen molar-refractivity contribution in [1.29, 1.82) is 0 Å². The zero-order valence-electron chi connectivity index (χ0n) is 18.7. The molecule has 0 aliphatic carbocycles. The van der Waals surface area contributed by atoms with Gasteiger partial charge in [-0.2, -0.15) is 5.10 Å². The van der Waals surface area contributed by atoms with Crippen molar-refractivity contribution in [3.05, 3.63) is 53.1 Å². The number of nitrogens with zero attached hydrogens (tertiary/aromatic N) is 5. The van der Waals surface area contributed by atoms with Crippen molar-refractivity contribution < 1.29 is 13.2 Å². The van der Waals surface area contributed by atoms with Gasteiger partial charge >= 0.3 is 0 Å². The van der Waals surface area contributed by atoms with Gasteiger partial charge in [-0.25, -0.2) is 18.2 Å². The summed E-state index contributed by atoms with van der Waals surface area (Å²) < 4.78 is 42.4. The molecule has 4 rings (SSSR count). The van der Waals surface area contributed by atoms with Crippen LogP contribution in [0.1, 0.15) is 36.7 Å². The number of likely N-dealkylation sites (N-methyl/N-ethyl adjacent to an activating group) is 1. The highest BCUT2D eigenvalue weighted by atomic mass is 19.3. The molecule has 32 heavy (non-hydrogen) atoms. The van der Waals surface area contributed by atoms with Gasteiger partial charge in [0.2, 0.25) is 0 Å². The monoisotopic (exact) mass is 444 g/mol. The van der Waals surface area contributed by atoms with Crippen molar-refractivity contribution >= 4 is 22.4 Å². The van der Waals surface area contributed by atoms with E-state index in [1.54, 1.807) is 13.1 Å². The normalized spacial score (nSPS) is 16.4. The number of pyridine rings is 1. The second-order valence-electron chi connectivity index (χ2n) is 8.48. The third-order valence-corrected chi connectivity index (χ3v) is 5.98. The largest absolute Gasteiger partial charge is 0.361 e. The minimum absolute atomic E-state index is 0.146. The number of halogens is 3. The zero-order chi connectivity index (χ0) is 23.0. The summed E-state index contributed by atoms with van der Waals surface area (Å²) in [6, 6.07) is 5.42. The average Bonchev–Trinajstić information content (AvgIpc) is 2.75. The van der Waals surface area contributed by atoms with Crippen molar-refractivity contribution in [3.8, 4) is 0 Å². The number of fused-ring (bicyclic) bond motifs is 1. The Labute approximate surface area is 185 Å². The van der Waals surface area contributed by atoms with Gasteiger partial charge in [-0.15, -0.1) is 5.10 Å². The number of hydrogen-bond donors (Lipinski definition) is 1. The van der Waals surface area contributed by atoms with E-state index in [9.17, 15) is 13.2 Å². The third-order valence-electron chi connectivity index (χ3n) is 5.98. The Balaban J connectivity index is 1.69. The maximum atomic E-state index is 14.9. The van der Waals surface area contributed by atoms with Gasteiger partial charge in [-0.05, 0) is 27.0 Å².